The van der Waals surface area contributed by atoms with E-state index < -0.39 is 35.7 Å². The molecule has 8 heteroatoms. The van der Waals surface area contributed by atoms with E-state index in [1.54, 1.807) is 18.2 Å². The molecule has 8 nitrogen and oxygen atoms in total. The fourth-order valence-corrected chi connectivity index (χ4v) is 6.41. The maximum Gasteiger partial charge on any atom is 0.259 e. The van der Waals surface area contributed by atoms with Crippen LogP contribution in [0.3, 0.4) is 0 Å². The lowest BCUT2D eigenvalue weighted by molar-refractivity contribution is -0.118. The van der Waals surface area contributed by atoms with E-state index in [1.807, 2.05) is 13.0 Å². The van der Waals surface area contributed by atoms with Gasteiger partial charge in [-0.3, -0.25) is 14.4 Å². The number of ketones is 1. The van der Waals surface area contributed by atoms with E-state index in [4.69, 9.17) is 0 Å². The van der Waals surface area contributed by atoms with Crippen molar-refractivity contribution in [2.24, 2.45) is 35.5 Å². The van der Waals surface area contributed by atoms with Crippen molar-refractivity contribution in [2.45, 2.75) is 44.9 Å². The molecule has 37 heavy (non-hydrogen) atoms. The molecule has 1 unspecified atom stereocenters. The van der Waals surface area contributed by atoms with Gasteiger partial charge in [0.05, 0.1) is 12.2 Å². The molecule has 0 aromatic carbocycles. The van der Waals surface area contributed by atoms with Crippen molar-refractivity contribution >= 4 is 17.6 Å². The molecule has 2 heterocycles. The predicted octanol–water partition coefficient (Wildman–Crippen LogP) is 2.04. The summed E-state index contributed by atoms with van der Waals surface area (Å²) in [5.74, 6) is -0.898. The summed E-state index contributed by atoms with van der Waals surface area (Å²) in [7, 11) is 0. The number of rotatable bonds is 1. The Labute approximate surface area is 217 Å². The van der Waals surface area contributed by atoms with Crippen LogP contribution < -0.4 is 10.6 Å². The number of aliphatic hydroxyl groups excluding tert-OH is 3. The lowest BCUT2D eigenvalue weighted by Crippen LogP contribution is -2.42. The van der Waals surface area contributed by atoms with Gasteiger partial charge >= 0.3 is 0 Å². The zero-order chi connectivity index (χ0) is 26.7. The van der Waals surface area contributed by atoms with E-state index in [0.29, 0.717) is 11.8 Å². The van der Waals surface area contributed by atoms with Gasteiger partial charge in [0.1, 0.15) is 17.4 Å². The first-order valence-electron chi connectivity index (χ1n) is 13.0. The molecule has 2 bridgehead atoms. The second kappa shape index (κ2) is 11.4. The first-order chi connectivity index (χ1) is 17.7. The van der Waals surface area contributed by atoms with Gasteiger partial charge in [0.2, 0.25) is 5.91 Å². The standard InChI is InChI=1S/C29H36N2O6/c1-16-15-21-19-8-4-5-9-22(33)26-28(36)27(31-29(26)37)23(34)13-14-30-24(35)10-6-3-7-18(19)11-12-20(21)25(16)17(2)32/h3-12,16-21,23,25,27,32-34H,13-15H2,1-2H3,(H,30,35)(H,31,37)/b7-3+,8-4+,9-5+,10-6+,26-22?/t16-,17?,18+,19+,20-,21-,23+,25+,27+/m1/s1. The van der Waals surface area contributed by atoms with E-state index >= 15 is 0 Å². The van der Waals surface area contributed by atoms with Crippen molar-refractivity contribution in [3.8, 4) is 0 Å². The SMILES string of the molecule is CC(O)[C@H]1[C@@H]2C=C[C@@H]3/C=C/C=C/C(=O)NCC[C@H](O)[C@@H]4NC(=O)C(=C(O)/C=C/C=C/[C@@H]3[C@H]2C[C@H]1C)C4=O. The predicted molar refractivity (Wildman–Crippen MR) is 139 cm³/mol. The summed E-state index contributed by atoms with van der Waals surface area (Å²) < 4.78 is 0. The van der Waals surface area contributed by atoms with E-state index in [0.717, 1.165) is 6.42 Å². The molecule has 0 aromatic rings. The average Bonchev–Trinajstić information content (AvgIpc) is 3.34. The molecule has 0 radical (unpaired) electrons. The fraction of sp³-hybridized carbons (Fsp3) is 0.483. The van der Waals surface area contributed by atoms with Crippen molar-refractivity contribution in [3.05, 3.63) is 72.1 Å². The number of amides is 2. The Balaban J connectivity index is 1.66. The van der Waals surface area contributed by atoms with Gasteiger partial charge in [-0.15, -0.1) is 0 Å². The summed E-state index contributed by atoms with van der Waals surface area (Å²) in [6.07, 6.45) is 17.5. The van der Waals surface area contributed by atoms with Crippen molar-refractivity contribution in [3.63, 3.8) is 0 Å². The molecule has 2 aliphatic carbocycles. The Bertz CT molecular complexity index is 1100. The van der Waals surface area contributed by atoms with Gasteiger partial charge in [-0.1, -0.05) is 55.5 Å². The second-order valence-corrected chi connectivity index (χ2v) is 10.5. The summed E-state index contributed by atoms with van der Waals surface area (Å²) in [5.41, 5.74) is -0.385. The zero-order valence-corrected chi connectivity index (χ0v) is 21.2. The van der Waals surface area contributed by atoms with Crippen molar-refractivity contribution < 1.29 is 29.7 Å². The Kier molecular flexibility index (Phi) is 8.29. The minimum absolute atomic E-state index is 0.0572. The molecule has 4 rings (SSSR count). The Morgan fingerprint density at radius 2 is 1.70 bits per heavy atom. The molecule has 198 valence electrons. The fourth-order valence-electron chi connectivity index (χ4n) is 6.41. The largest absolute Gasteiger partial charge is 0.507 e. The lowest BCUT2D eigenvalue weighted by atomic mass is 9.69. The van der Waals surface area contributed by atoms with Crippen LogP contribution in [0.5, 0.6) is 0 Å². The van der Waals surface area contributed by atoms with Gasteiger partial charge in [0.15, 0.2) is 5.78 Å². The number of fused-ring (bicyclic) bond motifs is 5. The molecule has 1 saturated carbocycles. The van der Waals surface area contributed by atoms with Crippen LogP contribution in [0.1, 0.15) is 26.7 Å². The quantitative estimate of drug-likeness (QED) is 0.272. The van der Waals surface area contributed by atoms with Crippen molar-refractivity contribution in [2.75, 3.05) is 6.54 Å². The normalized spacial score (nSPS) is 40.8. The second-order valence-electron chi connectivity index (χ2n) is 10.5. The minimum atomic E-state index is -1.21. The summed E-state index contributed by atoms with van der Waals surface area (Å²) in [5, 5.41) is 36.4. The first-order valence-corrected chi connectivity index (χ1v) is 13.0. The van der Waals surface area contributed by atoms with E-state index in [1.165, 1.54) is 12.2 Å². The number of carbonyl (C=O) groups excluding carboxylic acids is 3. The highest BCUT2D eigenvalue weighted by Crippen LogP contribution is 2.52. The first kappa shape index (κ1) is 26.8. The molecule has 0 spiro atoms. The third kappa shape index (κ3) is 5.70. The number of allylic oxidation sites excluding steroid dienone is 9. The topological polar surface area (TPSA) is 136 Å². The van der Waals surface area contributed by atoms with Crippen LogP contribution in [0, 0.1) is 35.5 Å². The monoisotopic (exact) mass is 508 g/mol. The van der Waals surface area contributed by atoms with Gasteiger partial charge in [-0.2, -0.15) is 0 Å². The van der Waals surface area contributed by atoms with Crippen molar-refractivity contribution in [1.29, 1.82) is 0 Å². The highest BCUT2D eigenvalue weighted by Gasteiger charge is 2.47. The Morgan fingerprint density at radius 3 is 2.46 bits per heavy atom. The number of hydrogen-bond acceptors (Lipinski definition) is 6. The van der Waals surface area contributed by atoms with Crippen LogP contribution in [-0.2, 0) is 14.4 Å². The Hall–Kier alpha value is -3.23. The molecule has 2 aliphatic heterocycles. The van der Waals surface area contributed by atoms with Gasteiger partial charge < -0.3 is 26.0 Å². The molecule has 0 aromatic heterocycles. The highest BCUT2D eigenvalue weighted by atomic mass is 16.3. The molecule has 1 saturated heterocycles. The molecule has 2 amide bonds. The van der Waals surface area contributed by atoms with Gasteiger partial charge in [0, 0.05) is 18.5 Å². The molecule has 4 aliphatic rings. The number of nitrogens with one attached hydrogen (secondary N) is 2. The van der Waals surface area contributed by atoms with Crippen LogP contribution in [0.2, 0.25) is 0 Å². The Morgan fingerprint density at radius 1 is 0.973 bits per heavy atom. The molecule has 5 N–H and O–H groups in total. The number of hydrogen-bond donors (Lipinski definition) is 5. The van der Waals surface area contributed by atoms with E-state index in [9.17, 15) is 29.7 Å². The number of carbonyl (C=O) groups is 3. The van der Waals surface area contributed by atoms with Gasteiger partial charge in [-0.05, 0) is 55.4 Å². The highest BCUT2D eigenvalue weighted by molar-refractivity contribution is 6.27. The van der Waals surface area contributed by atoms with Crippen LogP contribution in [0.4, 0.5) is 0 Å². The lowest BCUT2D eigenvalue weighted by Gasteiger charge is -2.36. The van der Waals surface area contributed by atoms with Crippen molar-refractivity contribution in [1.82, 2.24) is 10.6 Å². The van der Waals surface area contributed by atoms with Crippen LogP contribution in [-0.4, -0.2) is 57.7 Å². The molecular weight excluding hydrogens is 472 g/mol. The van der Waals surface area contributed by atoms with Gasteiger partial charge in [0.25, 0.3) is 5.91 Å². The summed E-state index contributed by atoms with van der Waals surface area (Å²) in [4.78, 5) is 37.2. The zero-order valence-electron chi connectivity index (χ0n) is 21.2. The number of Topliss-reactive ketones (excluding diaryl/α,β-unsaturated/α-hetero) is 1. The third-order valence-corrected chi connectivity index (χ3v) is 8.10. The third-order valence-electron chi connectivity index (χ3n) is 8.10. The number of aliphatic hydroxyl groups is 3. The average molecular weight is 509 g/mol. The van der Waals surface area contributed by atoms with E-state index in [2.05, 4.69) is 41.9 Å². The van der Waals surface area contributed by atoms with Crippen LogP contribution in [0.15, 0.2) is 72.1 Å². The molecule has 2 fully saturated rings. The summed E-state index contributed by atoms with van der Waals surface area (Å²) >= 11 is 0. The smallest absolute Gasteiger partial charge is 0.259 e. The summed E-state index contributed by atoms with van der Waals surface area (Å²) in [6, 6.07) is -1.18. The molecule has 9 atom stereocenters. The maximum atomic E-state index is 12.7. The maximum absolute atomic E-state index is 12.7. The van der Waals surface area contributed by atoms with Crippen LogP contribution in [0.25, 0.3) is 0 Å². The van der Waals surface area contributed by atoms with E-state index in [-0.39, 0.29) is 48.1 Å². The summed E-state index contributed by atoms with van der Waals surface area (Å²) in [6.45, 7) is 4.15. The van der Waals surface area contributed by atoms with Gasteiger partial charge in [-0.25, -0.2) is 0 Å². The molecular formula is C29H36N2O6. The van der Waals surface area contributed by atoms with Crippen LogP contribution >= 0.6 is 0 Å². The minimum Gasteiger partial charge on any atom is -0.507 e.